The van der Waals surface area contributed by atoms with Crippen LogP contribution in [0.1, 0.15) is 27.6 Å². The van der Waals surface area contributed by atoms with E-state index in [0.717, 1.165) is 16.8 Å². The molecule has 0 spiro atoms. The smallest absolute Gasteiger partial charge is 0.277 e. The number of quaternary nitrogens is 1. The van der Waals surface area contributed by atoms with Crippen LogP contribution in [0.2, 0.25) is 0 Å². The van der Waals surface area contributed by atoms with Crippen LogP contribution < -0.4 is 10.6 Å². The van der Waals surface area contributed by atoms with Crippen molar-refractivity contribution in [3.8, 4) is 0 Å². The van der Waals surface area contributed by atoms with Gasteiger partial charge in [-0.2, -0.15) is 0 Å². The van der Waals surface area contributed by atoms with E-state index in [4.69, 9.17) is 0 Å². The zero-order valence-electron chi connectivity index (χ0n) is 17.6. The predicted octanol–water partition coefficient (Wildman–Crippen LogP) is 3.11. The number of thiophene rings is 1. The number of nitrogens with zero attached hydrogens (tertiary/aromatic N) is 1. The standard InChI is InChI=1S/C24H27N3O2S/c1-17-6-10-19(11-7-17)24(21-5-4-14-30-21)25-15-23(29)27(3)16-22(28)26-20-12-8-18(2)9-13-20/h4-14,24-25H,15-16H2,1-3H3,(H,26,28)/p+1/t24-/m0/s1. The molecule has 0 bridgehead atoms. The minimum atomic E-state index is -0.206. The molecule has 3 rings (SSSR count). The van der Waals surface area contributed by atoms with E-state index >= 15 is 0 Å². The van der Waals surface area contributed by atoms with Crippen LogP contribution in [0.3, 0.4) is 0 Å². The molecule has 0 aliphatic heterocycles. The van der Waals surface area contributed by atoms with Gasteiger partial charge in [0.1, 0.15) is 6.04 Å². The number of rotatable bonds is 8. The number of aryl methyl sites for hydroxylation is 2. The lowest BCUT2D eigenvalue weighted by molar-refractivity contribution is -0.676. The van der Waals surface area contributed by atoms with Crippen LogP contribution in [0.15, 0.2) is 66.0 Å². The first-order valence-corrected chi connectivity index (χ1v) is 10.8. The first kappa shape index (κ1) is 21.7. The summed E-state index contributed by atoms with van der Waals surface area (Å²) in [6, 6.07) is 20.2. The molecule has 2 amide bonds. The zero-order valence-corrected chi connectivity index (χ0v) is 18.4. The summed E-state index contributed by atoms with van der Waals surface area (Å²) < 4.78 is 0. The molecule has 0 radical (unpaired) electrons. The van der Waals surface area contributed by atoms with E-state index in [0.29, 0.717) is 0 Å². The number of anilines is 1. The molecule has 5 nitrogen and oxygen atoms in total. The van der Waals surface area contributed by atoms with Crippen molar-refractivity contribution in [1.82, 2.24) is 4.90 Å². The van der Waals surface area contributed by atoms with Crippen LogP contribution in [0.5, 0.6) is 0 Å². The van der Waals surface area contributed by atoms with Gasteiger partial charge < -0.3 is 15.5 Å². The van der Waals surface area contributed by atoms with Crippen LogP contribution in [0, 0.1) is 13.8 Å². The van der Waals surface area contributed by atoms with Gasteiger partial charge >= 0.3 is 0 Å². The molecule has 0 aliphatic carbocycles. The molecule has 0 aliphatic rings. The van der Waals surface area contributed by atoms with E-state index in [1.807, 2.05) is 48.0 Å². The number of hydrogen-bond donors (Lipinski definition) is 2. The molecular formula is C24H28N3O2S+. The van der Waals surface area contributed by atoms with Gasteiger partial charge in [-0.3, -0.25) is 9.59 Å². The number of benzene rings is 2. The van der Waals surface area contributed by atoms with Crippen molar-refractivity contribution in [2.24, 2.45) is 0 Å². The van der Waals surface area contributed by atoms with Gasteiger partial charge in [-0.05, 0) is 37.4 Å². The van der Waals surface area contributed by atoms with Crippen LogP contribution in [0.4, 0.5) is 5.69 Å². The van der Waals surface area contributed by atoms with Crippen LogP contribution in [-0.4, -0.2) is 36.9 Å². The quantitative estimate of drug-likeness (QED) is 0.586. The summed E-state index contributed by atoms with van der Waals surface area (Å²) in [7, 11) is 1.66. The number of carbonyl (C=O) groups is 2. The maximum atomic E-state index is 12.7. The lowest BCUT2D eigenvalue weighted by atomic mass is 10.0. The topological polar surface area (TPSA) is 66.0 Å². The van der Waals surface area contributed by atoms with E-state index < -0.39 is 0 Å². The third kappa shape index (κ3) is 6.02. The second-order valence-corrected chi connectivity index (χ2v) is 8.49. The van der Waals surface area contributed by atoms with Crippen molar-refractivity contribution >= 4 is 28.8 Å². The molecule has 6 heteroatoms. The van der Waals surface area contributed by atoms with Gasteiger partial charge in [0, 0.05) is 18.3 Å². The Bertz CT molecular complexity index is 967. The minimum Gasteiger partial charge on any atom is -0.332 e. The maximum Gasteiger partial charge on any atom is 0.277 e. The Labute approximate surface area is 181 Å². The molecular weight excluding hydrogens is 394 g/mol. The molecule has 0 unspecified atom stereocenters. The van der Waals surface area contributed by atoms with E-state index in [1.54, 1.807) is 18.4 Å². The molecule has 156 valence electrons. The molecule has 30 heavy (non-hydrogen) atoms. The van der Waals surface area contributed by atoms with Gasteiger partial charge in [0.05, 0.1) is 11.4 Å². The molecule has 0 fully saturated rings. The number of hydrogen-bond acceptors (Lipinski definition) is 3. The average molecular weight is 423 g/mol. The number of likely N-dealkylation sites (N-methyl/N-ethyl adjacent to an activating group) is 1. The van der Waals surface area contributed by atoms with Gasteiger partial charge in [-0.1, -0.05) is 53.6 Å². The Hall–Kier alpha value is -2.96. The third-order valence-electron chi connectivity index (χ3n) is 4.96. The first-order valence-electron chi connectivity index (χ1n) is 9.96. The van der Waals surface area contributed by atoms with Gasteiger partial charge in [0.15, 0.2) is 6.54 Å². The van der Waals surface area contributed by atoms with Crippen LogP contribution in [-0.2, 0) is 9.59 Å². The fraction of sp³-hybridized carbons (Fsp3) is 0.250. The fourth-order valence-electron chi connectivity index (χ4n) is 3.17. The number of nitrogens with one attached hydrogen (secondary N) is 1. The summed E-state index contributed by atoms with van der Waals surface area (Å²) in [6.07, 6.45) is 0. The average Bonchev–Trinajstić information content (AvgIpc) is 3.25. The highest BCUT2D eigenvalue weighted by Crippen LogP contribution is 2.23. The summed E-state index contributed by atoms with van der Waals surface area (Å²) >= 11 is 1.68. The molecule has 2 aromatic carbocycles. The highest BCUT2D eigenvalue weighted by atomic mass is 32.1. The molecule has 3 aromatic rings. The Kier molecular flexibility index (Phi) is 7.38. The summed E-state index contributed by atoms with van der Waals surface area (Å²) in [4.78, 5) is 27.6. The Morgan fingerprint density at radius 1 is 1.00 bits per heavy atom. The largest absolute Gasteiger partial charge is 0.332 e. The number of nitrogens with two attached hydrogens (primary N) is 1. The SMILES string of the molecule is Cc1ccc(NC(=O)CN(C)C(=O)C[NH2+][C@@H](c2ccc(C)cc2)c2cccs2)cc1. The second-order valence-electron chi connectivity index (χ2n) is 7.51. The van der Waals surface area contributed by atoms with Gasteiger partial charge in [0.25, 0.3) is 5.91 Å². The van der Waals surface area contributed by atoms with Crippen molar-refractivity contribution in [2.45, 2.75) is 19.9 Å². The normalized spacial score (nSPS) is 11.7. The minimum absolute atomic E-state index is 0.0226. The van der Waals surface area contributed by atoms with Crippen molar-refractivity contribution in [3.05, 3.63) is 87.6 Å². The van der Waals surface area contributed by atoms with E-state index in [1.165, 1.54) is 15.3 Å². The van der Waals surface area contributed by atoms with Crippen molar-refractivity contribution in [2.75, 3.05) is 25.5 Å². The Morgan fingerprint density at radius 2 is 1.63 bits per heavy atom. The van der Waals surface area contributed by atoms with Crippen LogP contribution >= 0.6 is 11.3 Å². The summed E-state index contributed by atoms with van der Waals surface area (Å²) in [5.41, 5.74) is 4.23. The van der Waals surface area contributed by atoms with Gasteiger partial charge in [-0.15, -0.1) is 11.3 Å². The van der Waals surface area contributed by atoms with Crippen molar-refractivity contribution < 1.29 is 14.9 Å². The molecule has 1 aromatic heterocycles. The summed E-state index contributed by atoms with van der Waals surface area (Å²) in [6.45, 7) is 4.35. The van der Waals surface area contributed by atoms with Crippen molar-refractivity contribution in [1.29, 1.82) is 0 Å². The van der Waals surface area contributed by atoms with Gasteiger partial charge in [-0.25, -0.2) is 0 Å². The lowest BCUT2D eigenvalue weighted by Gasteiger charge is -2.19. The molecule has 0 saturated carbocycles. The molecule has 3 N–H and O–H groups in total. The van der Waals surface area contributed by atoms with Crippen molar-refractivity contribution in [3.63, 3.8) is 0 Å². The molecule has 1 heterocycles. The second kappa shape index (κ2) is 10.2. The highest BCUT2D eigenvalue weighted by Gasteiger charge is 2.22. The number of carbonyl (C=O) groups excluding carboxylic acids is 2. The predicted molar refractivity (Wildman–Crippen MR) is 122 cm³/mol. The third-order valence-corrected chi connectivity index (χ3v) is 5.91. The molecule has 0 saturated heterocycles. The summed E-state index contributed by atoms with van der Waals surface area (Å²) in [5, 5.41) is 6.92. The molecule has 1 atom stereocenters. The monoisotopic (exact) mass is 422 g/mol. The lowest BCUT2D eigenvalue weighted by Crippen LogP contribution is -2.87. The van der Waals surface area contributed by atoms with E-state index in [2.05, 4.69) is 42.6 Å². The highest BCUT2D eigenvalue weighted by molar-refractivity contribution is 7.10. The van der Waals surface area contributed by atoms with E-state index in [-0.39, 0.29) is 30.9 Å². The van der Waals surface area contributed by atoms with E-state index in [9.17, 15) is 9.59 Å². The number of amides is 2. The Balaban J connectivity index is 1.57. The first-order chi connectivity index (χ1) is 14.4. The van der Waals surface area contributed by atoms with Crippen LogP contribution in [0.25, 0.3) is 0 Å². The fourth-order valence-corrected chi connectivity index (χ4v) is 4.02. The maximum absolute atomic E-state index is 12.7. The Morgan fingerprint density at radius 3 is 2.23 bits per heavy atom. The summed E-state index contributed by atoms with van der Waals surface area (Å²) in [5.74, 6) is -0.286. The zero-order chi connectivity index (χ0) is 21.5. The van der Waals surface area contributed by atoms with Gasteiger partial charge in [0.2, 0.25) is 5.91 Å².